The van der Waals surface area contributed by atoms with E-state index in [0.29, 0.717) is 0 Å². The molecule has 1 saturated heterocycles. The maximum atomic E-state index is 6.16. The summed E-state index contributed by atoms with van der Waals surface area (Å²) in [6.07, 6.45) is 8.03. The van der Waals surface area contributed by atoms with Crippen molar-refractivity contribution in [3.05, 3.63) is 29.3 Å². The highest BCUT2D eigenvalue weighted by Gasteiger charge is 2.19. The molecule has 1 atom stereocenters. The van der Waals surface area contributed by atoms with Crippen LogP contribution in [0.1, 0.15) is 49.1 Å². The van der Waals surface area contributed by atoms with Crippen molar-refractivity contribution in [3.63, 3.8) is 0 Å². The van der Waals surface area contributed by atoms with Crippen LogP contribution in [0.5, 0.6) is 0 Å². The molecule has 3 heteroatoms. The molecule has 20 heavy (non-hydrogen) atoms. The second-order valence-electron chi connectivity index (χ2n) is 6.19. The Kier molecular flexibility index (Phi) is 4.58. The van der Waals surface area contributed by atoms with Gasteiger partial charge in [0, 0.05) is 25.2 Å². The lowest BCUT2D eigenvalue weighted by molar-refractivity contribution is 0.0293. The normalized spacial score (nSPS) is 24.7. The van der Waals surface area contributed by atoms with Gasteiger partial charge in [-0.05, 0) is 36.0 Å². The van der Waals surface area contributed by atoms with Gasteiger partial charge in [0.2, 0.25) is 0 Å². The van der Waals surface area contributed by atoms with E-state index in [1.54, 1.807) is 0 Å². The van der Waals surface area contributed by atoms with Crippen LogP contribution in [0.25, 0.3) is 0 Å². The standard InChI is InChI=1S/C17H26N2O/c18-17-7-6-14(13-4-2-1-3-5-13)10-15(17)11-16-12-19-8-9-20-16/h6-7,10,13,16,19H,1-5,8-9,11-12,18H2/t16-/m1/s1. The van der Waals surface area contributed by atoms with E-state index in [1.165, 1.54) is 43.2 Å². The number of nitrogen functional groups attached to an aromatic ring is 1. The molecule has 1 aliphatic heterocycles. The van der Waals surface area contributed by atoms with Crippen molar-refractivity contribution in [1.82, 2.24) is 5.32 Å². The lowest BCUT2D eigenvalue weighted by Crippen LogP contribution is -2.39. The van der Waals surface area contributed by atoms with Gasteiger partial charge in [0.1, 0.15) is 0 Å². The number of morpholine rings is 1. The van der Waals surface area contributed by atoms with Gasteiger partial charge in [0.25, 0.3) is 0 Å². The minimum absolute atomic E-state index is 0.271. The summed E-state index contributed by atoms with van der Waals surface area (Å²) >= 11 is 0. The molecule has 0 unspecified atom stereocenters. The molecule has 3 N–H and O–H groups in total. The van der Waals surface area contributed by atoms with Crippen LogP contribution in [0.15, 0.2) is 18.2 Å². The molecule has 1 saturated carbocycles. The number of hydrogen-bond acceptors (Lipinski definition) is 3. The zero-order valence-electron chi connectivity index (χ0n) is 12.2. The van der Waals surface area contributed by atoms with Crippen LogP contribution in [0.3, 0.4) is 0 Å². The second-order valence-corrected chi connectivity index (χ2v) is 6.19. The largest absolute Gasteiger partial charge is 0.399 e. The molecule has 3 rings (SSSR count). The average molecular weight is 274 g/mol. The summed E-state index contributed by atoms with van der Waals surface area (Å²) in [5.41, 5.74) is 9.83. The number of nitrogens with one attached hydrogen (secondary N) is 1. The zero-order valence-corrected chi connectivity index (χ0v) is 12.2. The predicted molar refractivity (Wildman–Crippen MR) is 83.0 cm³/mol. The van der Waals surface area contributed by atoms with Crippen molar-refractivity contribution in [2.24, 2.45) is 0 Å². The Hall–Kier alpha value is -1.06. The van der Waals surface area contributed by atoms with Gasteiger partial charge in [-0.2, -0.15) is 0 Å². The summed E-state index contributed by atoms with van der Waals surface area (Å²) in [5, 5.41) is 3.39. The van der Waals surface area contributed by atoms with Crippen LogP contribution in [0.4, 0.5) is 5.69 Å². The smallest absolute Gasteiger partial charge is 0.0741 e. The van der Waals surface area contributed by atoms with Gasteiger partial charge in [0.05, 0.1) is 12.7 Å². The van der Waals surface area contributed by atoms with Crippen molar-refractivity contribution >= 4 is 5.69 Å². The average Bonchev–Trinajstić information content (AvgIpc) is 2.51. The molecule has 0 spiro atoms. The monoisotopic (exact) mass is 274 g/mol. The number of benzene rings is 1. The molecule has 1 aliphatic carbocycles. The van der Waals surface area contributed by atoms with Crippen LogP contribution in [0, 0.1) is 0 Å². The lowest BCUT2D eigenvalue weighted by Gasteiger charge is -2.26. The maximum Gasteiger partial charge on any atom is 0.0741 e. The van der Waals surface area contributed by atoms with Gasteiger partial charge in [0.15, 0.2) is 0 Å². The van der Waals surface area contributed by atoms with E-state index in [4.69, 9.17) is 10.5 Å². The summed E-state index contributed by atoms with van der Waals surface area (Å²) in [6, 6.07) is 6.66. The molecule has 1 heterocycles. The van der Waals surface area contributed by atoms with Crippen LogP contribution in [-0.4, -0.2) is 25.8 Å². The highest BCUT2D eigenvalue weighted by molar-refractivity contribution is 5.49. The van der Waals surface area contributed by atoms with Gasteiger partial charge in [-0.15, -0.1) is 0 Å². The fourth-order valence-corrected chi connectivity index (χ4v) is 3.49. The quantitative estimate of drug-likeness (QED) is 0.833. The molecule has 2 aliphatic rings. The molecule has 3 nitrogen and oxygen atoms in total. The summed E-state index contributed by atoms with van der Waals surface area (Å²) < 4.78 is 5.80. The van der Waals surface area contributed by atoms with E-state index >= 15 is 0 Å². The molecule has 1 aromatic carbocycles. The van der Waals surface area contributed by atoms with Crippen LogP contribution >= 0.6 is 0 Å². The summed E-state index contributed by atoms with van der Waals surface area (Å²) in [4.78, 5) is 0. The van der Waals surface area contributed by atoms with Crippen molar-refractivity contribution in [2.45, 2.75) is 50.5 Å². The van der Waals surface area contributed by atoms with Crippen molar-refractivity contribution < 1.29 is 4.74 Å². The van der Waals surface area contributed by atoms with Crippen molar-refractivity contribution in [1.29, 1.82) is 0 Å². The second kappa shape index (κ2) is 6.59. The van der Waals surface area contributed by atoms with E-state index in [2.05, 4.69) is 23.5 Å². The Morgan fingerprint density at radius 2 is 2.05 bits per heavy atom. The van der Waals surface area contributed by atoms with E-state index in [-0.39, 0.29) is 6.10 Å². The first kappa shape index (κ1) is 13.9. The Balaban J connectivity index is 1.72. The molecular weight excluding hydrogens is 248 g/mol. The number of ether oxygens (including phenoxy) is 1. The van der Waals surface area contributed by atoms with E-state index in [1.807, 2.05) is 0 Å². The van der Waals surface area contributed by atoms with E-state index in [9.17, 15) is 0 Å². The SMILES string of the molecule is Nc1ccc(C2CCCCC2)cc1C[C@@H]1CNCCO1. The molecular formula is C17H26N2O. The van der Waals surface area contributed by atoms with Gasteiger partial charge >= 0.3 is 0 Å². The first-order valence-electron chi connectivity index (χ1n) is 8.03. The molecule has 0 bridgehead atoms. The zero-order chi connectivity index (χ0) is 13.8. The van der Waals surface area contributed by atoms with E-state index < -0.39 is 0 Å². The Morgan fingerprint density at radius 1 is 1.20 bits per heavy atom. The maximum absolute atomic E-state index is 6.16. The highest BCUT2D eigenvalue weighted by atomic mass is 16.5. The van der Waals surface area contributed by atoms with Gasteiger partial charge < -0.3 is 15.8 Å². The van der Waals surface area contributed by atoms with E-state index in [0.717, 1.165) is 37.7 Å². The van der Waals surface area contributed by atoms with Gasteiger partial charge in [-0.3, -0.25) is 0 Å². The summed E-state index contributed by atoms with van der Waals surface area (Å²) in [7, 11) is 0. The Labute approximate surface area is 121 Å². The third-order valence-corrected chi connectivity index (χ3v) is 4.70. The Morgan fingerprint density at radius 3 is 2.80 bits per heavy atom. The van der Waals surface area contributed by atoms with Crippen molar-refractivity contribution in [3.8, 4) is 0 Å². The molecule has 0 radical (unpaired) electrons. The molecule has 110 valence electrons. The van der Waals surface area contributed by atoms with Crippen LogP contribution < -0.4 is 11.1 Å². The summed E-state index contributed by atoms with van der Waals surface area (Å²) in [5.74, 6) is 0.744. The van der Waals surface area contributed by atoms with Gasteiger partial charge in [-0.1, -0.05) is 31.4 Å². The van der Waals surface area contributed by atoms with Crippen LogP contribution in [0.2, 0.25) is 0 Å². The topological polar surface area (TPSA) is 47.3 Å². The molecule has 0 aromatic heterocycles. The number of hydrogen-bond donors (Lipinski definition) is 2. The minimum atomic E-state index is 0.271. The molecule has 1 aromatic rings. The lowest BCUT2D eigenvalue weighted by atomic mass is 9.83. The van der Waals surface area contributed by atoms with Crippen molar-refractivity contribution in [2.75, 3.05) is 25.4 Å². The highest BCUT2D eigenvalue weighted by Crippen LogP contribution is 2.34. The predicted octanol–water partition coefficient (Wildman–Crippen LogP) is 2.85. The summed E-state index contributed by atoms with van der Waals surface area (Å²) in [6.45, 7) is 2.72. The fraction of sp³-hybridized carbons (Fsp3) is 0.647. The first-order chi connectivity index (χ1) is 9.83. The third kappa shape index (κ3) is 3.33. The minimum Gasteiger partial charge on any atom is -0.399 e. The fourth-order valence-electron chi connectivity index (χ4n) is 3.49. The first-order valence-corrected chi connectivity index (χ1v) is 8.03. The third-order valence-electron chi connectivity index (χ3n) is 4.70. The number of rotatable bonds is 3. The number of anilines is 1. The molecule has 2 fully saturated rings. The van der Waals surface area contributed by atoms with Gasteiger partial charge in [-0.25, -0.2) is 0 Å². The number of nitrogens with two attached hydrogens (primary N) is 1. The molecule has 0 amide bonds. The Bertz CT molecular complexity index is 435. The van der Waals surface area contributed by atoms with Crippen LogP contribution in [-0.2, 0) is 11.2 Å².